The van der Waals surface area contributed by atoms with E-state index >= 15 is 0 Å². The van der Waals surface area contributed by atoms with Crippen LogP contribution in [0, 0.1) is 0 Å². The van der Waals surface area contributed by atoms with Crippen LogP contribution in [0.3, 0.4) is 0 Å². The average Bonchev–Trinajstić information content (AvgIpc) is 2.67. The zero-order valence-corrected chi connectivity index (χ0v) is 14.2. The van der Waals surface area contributed by atoms with Crippen LogP contribution < -0.4 is 20.1 Å². The van der Waals surface area contributed by atoms with Gasteiger partial charge in [-0.15, -0.1) is 0 Å². The summed E-state index contributed by atoms with van der Waals surface area (Å²) in [5, 5.41) is 6.28. The second kappa shape index (κ2) is 9.08. The number of hydrogen-bond acceptors (Lipinski definition) is 4. The van der Waals surface area contributed by atoms with Gasteiger partial charge in [0.2, 0.25) is 0 Å². The first kappa shape index (κ1) is 17.3. The Morgan fingerprint density at radius 1 is 1.04 bits per heavy atom. The lowest BCUT2D eigenvalue weighted by molar-refractivity contribution is -0.123. The number of rotatable bonds is 7. The number of hydrogen-bond donors (Lipinski definition) is 2. The molecule has 2 N–H and O–H groups in total. The molecule has 132 valence electrons. The van der Waals surface area contributed by atoms with Crippen molar-refractivity contribution in [1.82, 2.24) is 10.6 Å². The number of benzene rings is 2. The van der Waals surface area contributed by atoms with Crippen molar-refractivity contribution < 1.29 is 14.3 Å². The minimum atomic E-state index is -0.105. The van der Waals surface area contributed by atoms with Gasteiger partial charge < -0.3 is 20.1 Å². The Hall–Kier alpha value is -2.53. The van der Waals surface area contributed by atoms with Crippen molar-refractivity contribution in [2.75, 3.05) is 19.7 Å². The van der Waals surface area contributed by atoms with Gasteiger partial charge >= 0.3 is 0 Å². The first-order chi connectivity index (χ1) is 12.3. The molecule has 2 aromatic carbocycles. The van der Waals surface area contributed by atoms with Gasteiger partial charge in [0.15, 0.2) is 18.1 Å². The zero-order chi connectivity index (χ0) is 17.3. The average molecular weight is 340 g/mol. The van der Waals surface area contributed by atoms with Crippen LogP contribution in [0.1, 0.15) is 18.4 Å². The Morgan fingerprint density at radius 3 is 2.48 bits per heavy atom. The van der Waals surface area contributed by atoms with E-state index in [0.717, 1.165) is 31.5 Å². The third kappa shape index (κ3) is 5.50. The van der Waals surface area contributed by atoms with Gasteiger partial charge in [0.1, 0.15) is 6.61 Å². The lowest BCUT2D eigenvalue weighted by Gasteiger charge is -2.23. The summed E-state index contributed by atoms with van der Waals surface area (Å²) in [6, 6.07) is 17.6. The summed E-state index contributed by atoms with van der Waals surface area (Å²) < 4.78 is 11.5. The molecule has 1 fully saturated rings. The van der Waals surface area contributed by atoms with Crippen LogP contribution in [-0.2, 0) is 11.4 Å². The standard InChI is InChI=1S/C20H24N2O3/c23-20(22-17-9-6-12-21-13-17)15-25-19-11-5-4-10-18(19)24-14-16-7-2-1-3-8-16/h1-5,7-8,10-11,17,21H,6,9,12-15H2,(H,22,23). The molecule has 0 radical (unpaired) electrons. The normalized spacial score (nSPS) is 16.9. The highest BCUT2D eigenvalue weighted by Crippen LogP contribution is 2.27. The SMILES string of the molecule is O=C(COc1ccccc1OCc1ccccc1)NC1CCCNC1. The number of ether oxygens (including phenoxy) is 2. The van der Waals surface area contributed by atoms with Crippen molar-refractivity contribution in [3.05, 3.63) is 60.2 Å². The van der Waals surface area contributed by atoms with Gasteiger partial charge in [0, 0.05) is 12.6 Å². The summed E-state index contributed by atoms with van der Waals surface area (Å²) >= 11 is 0. The third-order valence-electron chi connectivity index (χ3n) is 4.11. The van der Waals surface area contributed by atoms with E-state index in [1.807, 2.05) is 54.6 Å². The fourth-order valence-electron chi connectivity index (χ4n) is 2.81. The Bertz CT molecular complexity index is 670. The van der Waals surface area contributed by atoms with Crippen molar-refractivity contribution in [1.29, 1.82) is 0 Å². The van der Waals surface area contributed by atoms with Gasteiger partial charge in [0.25, 0.3) is 5.91 Å². The molecule has 1 atom stereocenters. The van der Waals surface area contributed by atoms with Gasteiger partial charge in [-0.25, -0.2) is 0 Å². The summed E-state index contributed by atoms with van der Waals surface area (Å²) in [4.78, 5) is 12.1. The van der Waals surface area contributed by atoms with E-state index in [9.17, 15) is 4.79 Å². The molecule has 1 heterocycles. The van der Waals surface area contributed by atoms with E-state index in [1.54, 1.807) is 0 Å². The van der Waals surface area contributed by atoms with Crippen molar-refractivity contribution in [2.24, 2.45) is 0 Å². The zero-order valence-electron chi connectivity index (χ0n) is 14.2. The summed E-state index contributed by atoms with van der Waals surface area (Å²) in [6.07, 6.45) is 2.09. The van der Waals surface area contributed by atoms with E-state index in [0.29, 0.717) is 18.1 Å². The van der Waals surface area contributed by atoms with Gasteiger partial charge in [-0.2, -0.15) is 0 Å². The van der Waals surface area contributed by atoms with Crippen LogP contribution in [0.2, 0.25) is 0 Å². The fourth-order valence-corrected chi connectivity index (χ4v) is 2.81. The first-order valence-electron chi connectivity index (χ1n) is 8.70. The molecule has 3 rings (SSSR count). The molecule has 5 heteroatoms. The second-order valence-electron chi connectivity index (χ2n) is 6.12. The smallest absolute Gasteiger partial charge is 0.258 e. The molecule has 5 nitrogen and oxygen atoms in total. The van der Waals surface area contributed by atoms with E-state index in [1.165, 1.54) is 0 Å². The van der Waals surface area contributed by atoms with Crippen molar-refractivity contribution in [2.45, 2.75) is 25.5 Å². The minimum Gasteiger partial charge on any atom is -0.485 e. The quantitative estimate of drug-likeness (QED) is 0.813. The maximum Gasteiger partial charge on any atom is 0.258 e. The van der Waals surface area contributed by atoms with Crippen LogP contribution in [-0.4, -0.2) is 31.6 Å². The largest absolute Gasteiger partial charge is 0.485 e. The number of carbonyl (C=O) groups is 1. The third-order valence-corrected chi connectivity index (χ3v) is 4.11. The number of para-hydroxylation sites is 2. The van der Waals surface area contributed by atoms with E-state index in [4.69, 9.17) is 9.47 Å². The molecular formula is C20H24N2O3. The lowest BCUT2D eigenvalue weighted by Crippen LogP contribution is -2.47. The van der Waals surface area contributed by atoms with Crippen molar-refractivity contribution in [3.8, 4) is 11.5 Å². The molecule has 0 aromatic heterocycles. The highest BCUT2D eigenvalue weighted by atomic mass is 16.5. The molecule has 1 unspecified atom stereocenters. The Labute approximate surface area is 148 Å². The summed E-state index contributed by atoms with van der Waals surface area (Å²) in [5.41, 5.74) is 1.08. The Balaban J connectivity index is 1.51. The van der Waals surface area contributed by atoms with Gasteiger partial charge in [-0.3, -0.25) is 4.79 Å². The van der Waals surface area contributed by atoms with Gasteiger partial charge in [-0.05, 0) is 37.1 Å². The van der Waals surface area contributed by atoms with E-state index < -0.39 is 0 Å². The van der Waals surface area contributed by atoms with Gasteiger partial charge in [-0.1, -0.05) is 42.5 Å². The fraction of sp³-hybridized carbons (Fsp3) is 0.350. The molecule has 0 saturated carbocycles. The molecule has 1 amide bonds. The molecular weight excluding hydrogens is 316 g/mol. The maximum absolute atomic E-state index is 12.1. The number of carbonyl (C=O) groups excluding carboxylic acids is 1. The maximum atomic E-state index is 12.1. The highest BCUT2D eigenvalue weighted by molar-refractivity contribution is 5.78. The second-order valence-corrected chi connectivity index (χ2v) is 6.12. The van der Waals surface area contributed by atoms with Crippen LogP contribution >= 0.6 is 0 Å². The molecule has 25 heavy (non-hydrogen) atoms. The molecule has 1 aliphatic rings. The molecule has 2 aromatic rings. The summed E-state index contributed by atoms with van der Waals surface area (Å²) in [5.74, 6) is 1.11. The molecule has 0 bridgehead atoms. The Morgan fingerprint density at radius 2 is 1.76 bits per heavy atom. The van der Waals surface area contributed by atoms with Crippen molar-refractivity contribution in [3.63, 3.8) is 0 Å². The molecule has 0 aliphatic carbocycles. The van der Waals surface area contributed by atoms with E-state index in [2.05, 4.69) is 10.6 Å². The van der Waals surface area contributed by atoms with Crippen LogP contribution in [0.15, 0.2) is 54.6 Å². The molecule has 0 spiro atoms. The van der Waals surface area contributed by atoms with Crippen molar-refractivity contribution >= 4 is 5.91 Å². The van der Waals surface area contributed by atoms with Crippen LogP contribution in [0.5, 0.6) is 11.5 Å². The summed E-state index contributed by atoms with van der Waals surface area (Å²) in [7, 11) is 0. The van der Waals surface area contributed by atoms with Crippen LogP contribution in [0.25, 0.3) is 0 Å². The number of nitrogens with one attached hydrogen (secondary N) is 2. The topological polar surface area (TPSA) is 59.6 Å². The van der Waals surface area contributed by atoms with E-state index in [-0.39, 0.29) is 18.6 Å². The Kier molecular flexibility index (Phi) is 6.29. The molecule has 1 saturated heterocycles. The first-order valence-corrected chi connectivity index (χ1v) is 8.70. The lowest BCUT2D eigenvalue weighted by atomic mass is 10.1. The highest BCUT2D eigenvalue weighted by Gasteiger charge is 2.16. The minimum absolute atomic E-state index is 0.0117. The monoisotopic (exact) mass is 340 g/mol. The summed E-state index contributed by atoms with van der Waals surface area (Å²) in [6.45, 7) is 2.29. The van der Waals surface area contributed by atoms with Gasteiger partial charge in [0.05, 0.1) is 0 Å². The number of piperidine rings is 1. The molecule has 1 aliphatic heterocycles. The number of amides is 1. The predicted octanol–water partition coefficient (Wildman–Crippen LogP) is 2.51. The predicted molar refractivity (Wildman–Crippen MR) is 96.7 cm³/mol. The van der Waals surface area contributed by atoms with Crippen LogP contribution in [0.4, 0.5) is 0 Å².